The predicted octanol–water partition coefficient (Wildman–Crippen LogP) is 12.5. The van der Waals surface area contributed by atoms with Crippen LogP contribution in [0, 0.1) is 41.5 Å². The summed E-state index contributed by atoms with van der Waals surface area (Å²) < 4.78 is 0. The van der Waals surface area contributed by atoms with Crippen LogP contribution < -0.4 is 0 Å². The first-order chi connectivity index (χ1) is 21.3. The fraction of sp³-hybridized carbons (Fsp3) is 0.136. The molecule has 0 radical (unpaired) electrons. The van der Waals surface area contributed by atoms with Crippen molar-refractivity contribution in [3.05, 3.63) is 143 Å². The molecule has 1 aliphatic rings. The second-order valence-corrected chi connectivity index (χ2v) is 13.1. The Hall–Kier alpha value is -4.94. The highest BCUT2D eigenvalue weighted by Gasteiger charge is 2.31. The number of aryl methyl sites for hydroxylation is 6. The van der Waals surface area contributed by atoms with Crippen molar-refractivity contribution in [1.82, 2.24) is 0 Å². The lowest BCUT2D eigenvalue weighted by Gasteiger charge is -2.22. The molecule has 0 saturated heterocycles. The lowest BCUT2D eigenvalue weighted by atomic mass is 9.81. The van der Waals surface area contributed by atoms with Crippen molar-refractivity contribution in [2.45, 2.75) is 41.5 Å². The molecule has 0 saturated carbocycles. The summed E-state index contributed by atoms with van der Waals surface area (Å²) in [6, 6.07) is 41.7. The van der Waals surface area contributed by atoms with Crippen molar-refractivity contribution in [2.24, 2.45) is 0 Å². The smallest absolute Gasteiger partial charge is 0.000741 e. The fourth-order valence-corrected chi connectivity index (χ4v) is 7.87. The summed E-state index contributed by atoms with van der Waals surface area (Å²) in [5.74, 6) is 0. The molecule has 7 aromatic carbocycles. The summed E-state index contributed by atoms with van der Waals surface area (Å²) in [6.07, 6.45) is 0. The van der Waals surface area contributed by atoms with Crippen LogP contribution in [-0.4, -0.2) is 0 Å². The third-order valence-corrected chi connectivity index (χ3v) is 9.39. The minimum atomic E-state index is 1.27. The number of fused-ring (bicyclic) bond motifs is 4. The zero-order chi connectivity index (χ0) is 30.3. The van der Waals surface area contributed by atoms with Crippen LogP contribution in [0.15, 0.2) is 109 Å². The Morgan fingerprint density at radius 2 is 0.818 bits per heavy atom. The second kappa shape index (κ2) is 9.79. The molecule has 1 aliphatic carbocycles. The van der Waals surface area contributed by atoms with Crippen molar-refractivity contribution in [3.63, 3.8) is 0 Å². The average molecular weight is 565 g/mol. The molecule has 7 aromatic rings. The van der Waals surface area contributed by atoms with Gasteiger partial charge in [0.2, 0.25) is 0 Å². The highest BCUT2D eigenvalue weighted by atomic mass is 14.3. The topological polar surface area (TPSA) is 0 Å². The molecule has 0 heteroatoms. The Morgan fingerprint density at radius 3 is 1.45 bits per heavy atom. The van der Waals surface area contributed by atoms with Crippen molar-refractivity contribution < 1.29 is 0 Å². The van der Waals surface area contributed by atoms with Crippen molar-refractivity contribution in [2.75, 3.05) is 0 Å². The molecule has 0 spiro atoms. The van der Waals surface area contributed by atoms with Gasteiger partial charge >= 0.3 is 0 Å². The summed E-state index contributed by atoms with van der Waals surface area (Å²) in [5, 5.41) is 5.33. The van der Waals surface area contributed by atoms with E-state index in [1.54, 1.807) is 0 Å². The summed E-state index contributed by atoms with van der Waals surface area (Å²) in [5.41, 5.74) is 21.0. The quantitative estimate of drug-likeness (QED) is 0.200. The second-order valence-electron chi connectivity index (χ2n) is 13.1. The largest absolute Gasteiger partial charge is 0.0614 e. The molecule has 0 heterocycles. The molecule has 8 rings (SSSR count). The molecule has 0 N–H and O–H groups in total. The minimum Gasteiger partial charge on any atom is -0.0614 e. The van der Waals surface area contributed by atoms with Crippen LogP contribution in [-0.2, 0) is 0 Å². The van der Waals surface area contributed by atoms with Gasteiger partial charge < -0.3 is 0 Å². The van der Waals surface area contributed by atoms with Crippen LogP contribution in [0.1, 0.15) is 33.4 Å². The highest BCUT2D eigenvalue weighted by molar-refractivity contribution is 6.28. The van der Waals surface area contributed by atoms with Crippen molar-refractivity contribution >= 4 is 21.5 Å². The van der Waals surface area contributed by atoms with Gasteiger partial charge in [-0.15, -0.1) is 0 Å². The number of hydrogen-bond donors (Lipinski definition) is 0. The zero-order valence-corrected chi connectivity index (χ0v) is 26.4. The monoisotopic (exact) mass is 564 g/mol. The summed E-state index contributed by atoms with van der Waals surface area (Å²) in [4.78, 5) is 0. The van der Waals surface area contributed by atoms with Crippen LogP contribution >= 0.6 is 0 Å². The third kappa shape index (κ3) is 4.05. The maximum absolute atomic E-state index is 2.41. The molecule has 0 bridgehead atoms. The number of hydrogen-bond acceptors (Lipinski definition) is 0. The fourth-order valence-electron chi connectivity index (χ4n) is 7.87. The summed E-state index contributed by atoms with van der Waals surface area (Å²) in [7, 11) is 0. The van der Waals surface area contributed by atoms with E-state index in [2.05, 4.69) is 151 Å². The predicted molar refractivity (Wildman–Crippen MR) is 191 cm³/mol. The van der Waals surface area contributed by atoms with E-state index in [1.165, 1.54) is 111 Å². The van der Waals surface area contributed by atoms with Gasteiger partial charge in [0.05, 0.1) is 0 Å². The lowest BCUT2D eigenvalue weighted by molar-refractivity contribution is 1.38. The Bertz CT molecular complexity index is 2290. The van der Waals surface area contributed by atoms with Crippen LogP contribution in [0.2, 0.25) is 0 Å². The first-order valence-corrected chi connectivity index (χ1v) is 15.7. The SMILES string of the molecule is Cc1cc(C)cc(-c2c3c(c(-c4cc(C)cc(C)c4)c4cc(C)ccc24)-c2cccc4c(-c5cccc(C)c5)ccc-3c24)c1. The summed E-state index contributed by atoms with van der Waals surface area (Å²) in [6.45, 7) is 13.3. The van der Waals surface area contributed by atoms with E-state index in [4.69, 9.17) is 0 Å². The van der Waals surface area contributed by atoms with Crippen LogP contribution in [0.4, 0.5) is 0 Å². The van der Waals surface area contributed by atoms with Gasteiger partial charge in [0.25, 0.3) is 0 Å². The standard InChI is InChI=1S/C44H36/c1-25-9-7-10-31(19-25)34-15-16-38-42-35(34)11-8-12-37(42)43-41(33-22-29(5)18-30(6)23-33)39-24-26(2)13-14-36(39)40(44(38)43)32-20-27(3)17-28(4)21-32/h7-24H,1-6H3. The third-order valence-electron chi connectivity index (χ3n) is 9.39. The molecule has 0 aromatic heterocycles. The van der Waals surface area contributed by atoms with Crippen LogP contribution in [0.3, 0.4) is 0 Å². The Kier molecular flexibility index (Phi) is 5.94. The Labute approximate surface area is 260 Å². The molecule has 0 fully saturated rings. The van der Waals surface area contributed by atoms with Gasteiger partial charge in [-0.3, -0.25) is 0 Å². The first kappa shape index (κ1) is 26.7. The molecular weight excluding hydrogens is 528 g/mol. The lowest BCUT2D eigenvalue weighted by Crippen LogP contribution is -1.95. The molecule has 0 atom stereocenters. The number of benzene rings is 7. The van der Waals surface area contributed by atoms with Gasteiger partial charge in [-0.1, -0.05) is 143 Å². The van der Waals surface area contributed by atoms with Gasteiger partial charge in [0.1, 0.15) is 0 Å². The average Bonchev–Trinajstić information content (AvgIpc) is 3.30. The zero-order valence-electron chi connectivity index (χ0n) is 26.4. The maximum Gasteiger partial charge on any atom is -0.000741 e. The van der Waals surface area contributed by atoms with Gasteiger partial charge in [0, 0.05) is 0 Å². The van der Waals surface area contributed by atoms with Gasteiger partial charge in [-0.05, 0) is 119 Å². The molecule has 0 aliphatic heterocycles. The molecule has 0 nitrogen and oxygen atoms in total. The van der Waals surface area contributed by atoms with Gasteiger partial charge in [-0.2, -0.15) is 0 Å². The Morgan fingerprint density at radius 1 is 0.295 bits per heavy atom. The van der Waals surface area contributed by atoms with E-state index < -0.39 is 0 Å². The first-order valence-electron chi connectivity index (χ1n) is 15.7. The molecule has 44 heavy (non-hydrogen) atoms. The van der Waals surface area contributed by atoms with E-state index in [0.29, 0.717) is 0 Å². The van der Waals surface area contributed by atoms with Crippen LogP contribution in [0.25, 0.3) is 77.2 Å². The molecule has 0 unspecified atom stereocenters. The Balaban J connectivity index is 1.60. The van der Waals surface area contributed by atoms with E-state index in [1.807, 2.05) is 0 Å². The van der Waals surface area contributed by atoms with Gasteiger partial charge in [0.15, 0.2) is 0 Å². The van der Waals surface area contributed by atoms with Gasteiger partial charge in [-0.25, -0.2) is 0 Å². The molecular formula is C44H36. The van der Waals surface area contributed by atoms with E-state index >= 15 is 0 Å². The summed E-state index contributed by atoms with van der Waals surface area (Å²) >= 11 is 0. The van der Waals surface area contributed by atoms with Crippen LogP contribution in [0.5, 0.6) is 0 Å². The number of rotatable bonds is 3. The molecule has 212 valence electrons. The van der Waals surface area contributed by atoms with E-state index in [9.17, 15) is 0 Å². The van der Waals surface area contributed by atoms with Crippen molar-refractivity contribution in [1.29, 1.82) is 0 Å². The maximum atomic E-state index is 2.41. The molecule has 0 amide bonds. The van der Waals surface area contributed by atoms with Crippen molar-refractivity contribution in [3.8, 4) is 55.6 Å². The van der Waals surface area contributed by atoms with E-state index in [-0.39, 0.29) is 0 Å². The normalized spacial score (nSPS) is 11.9. The van der Waals surface area contributed by atoms with E-state index in [0.717, 1.165) is 0 Å². The highest BCUT2D eigenvalue weighted by Crippen LogP contribution is 2.58. The minimum absolute atomic E-state index is 1.27.